The SMILES string of the molecule is O=C(c1cn(C2CCNCC2)nn1)N1CCCC(c2ccccc2)CC1. The molecule has 1 N–H and O–H groups in total. The molecule has 2 aliphatic rings. The molecule has 0 saturated carbocycles. The Hall–Kier alpha value is -2.21. The second-order valence-corrected chi connectivity index (χ2v) is 7.40. The van der Waals surface area contributed by atoms with Crippen molar-refractivity contribution in [1.82, 2.24) is 25.2 Å². The quantitative estimate of drug-likeness (QED) is 0.921. The number of hydrogen-bond donors (Lipinski definition) is 1. The molecule has 1 aromatic heterocycles. The molecule has 2 fully saturated rings. The monoisotopic (exact) mass is 353 g/mol. The fourth-order valence-electron chi connectivity index (χ4n) is 4.14. The Bertz CT molecular complexity index is 723. The van der Waals surface area contributed by atoms with Crippen LogP contribution in [-0.4, -0.2) is 52.0 Å². The number of amides is 1. The van der Waals surface area contributed by atoms with Crippen LogP contribution in [0.2, 0.25) is 0 Å². The van der Waals surface area contributed by atoms with Crippen molar-refractivity contribution < 1.29 is 4.79 Å². The topological polar surface area (TPSA) is 63.1 Å². The normalized spacial score (nSPS) is 22.2. The van der Waals surface area contributed by atoms with Crippen LogP contribution < -0.4 is 5.32 Å². The molecule has 1 unspecified atom stereocenters. The van der Waals surface area contributed by atoms with Crippen molar-refractivity contribution in [1.29, 1.82) is 0 Å². The summed E-state index contributed by atoms with van der Waals surface area (Å²) >= 11 is 0. The fraction of sp³-hybridized carbons (Fsp3) is 0.550. The molecule has 26 heavy (non-hydrogen) atoms. The van der Waals surface area contributed by atoms with E-state index in [0.29, 0.717) is 17.7 Å². The predicted octanol–water partition coefficient (Wildman–Crippen LogP) is 2.61. The van der Waals surface area contributed by atoms with Gasteiger partial charge in [0.1, 0.15) is 0 Å². The van der Waals surface area contributed by atoms with Crippen LogP contribution in [0.5, 0.6) is 0 Å². The first-order valence-corrected chi connectivity index (χ1v) is 9.78. The summed E-state index contributed by atoms with van der Waals surface area (Å²) in [7, 11) is 0. The van der Waals surface area contributed by atoms with Gasteiger partial charge in [0, 0.05) is 13.1 Å². The molecular weight excluding hydrogens is 326 g/mol. The average Bonchev–Trinajstić information content (AvgIpc) is 3.07. The Labute approximate surface area is 154 Å². The maximum absolute atomic E-state index is 12.9. The molecule has 6 nitrogen and oxygen atoms in total. The van der Waals surface area contributed by atoms with Gasteiger partial charge in [0.2, 0.25) is 0 Å². The van der Waals surface area contributed by atoms with Gasteiger partial charge in [-0.25, -0.2) is 4.68 Å². The molecule has 2 saturated heterocycles. The number of piperidine rings is 1. The molecule has 0 radical (unpaired) electrons. The molecule has 4 rings (SSSR count). The Morgan fingerprint density at radius 1 is 1.04 bits per heavy atom. The molecule has 2 aromatic rings. The molecular formula is C20H27N5O. The third-order valence-electron chi connectivity index (χ3n) is 5.70. The van der Waals surface area contributed by atoms with Crippen LogP contribution in [0.3, 0.4) is 0 Å². The lowest BCUT2D eigenvalue weighted by Gasteiger charge is -2.22. The van der Waals surface area contributed by atoms with Gasteiger partial charge in [-0.3, -0.25) is 4.79 Å². The van der Waals surface area contributed by atoms with Gasteiger partial charge in [-0.05, 0) is 56.7 Å². The third-order valence-corrected chi connectivity index (χ3v) is 5.70. The number of carbonyl (C=O) groups is 1. The Morgan fingerprint density at radius 2 is 1.85 bits per heavy atom. The van der Waals surface area contributed by atoms with E-state index in [1.54, 1.807) is 0 Å². The highest BCUT2D eigenvalue weighted by molar-refractivity contribution is 5.91. The van der Waals surface area contributed by atoms with E-state index in [1.165, 1.54) is 5.56 Å². The Morgan fingerprint density at radius 3 is 2.65 bits per heavy atom. The van der Waals surface area contributed by atoms with Crippen LogP contribution in [-0.2, 0) is 0 Å². The summed E-state index contributed by atoms with van der Waals surface area (Å²) in [6.45, 7) is 3.60. The predicted molar refractivity (Wildman–Crippen MR) is 100 cm³/mol. The van der Waals surface area contributed by atoms with Crippen LogP contribution >= 0.6 is 0 Å². The number of nitrogens with zero attached hydrogens (tertiary/aromatic N) is 4. The van der Waals surface area contributed by atoms with E-state index >= 15 is 0 Å². The van der Waals surface area contributed by atoms with Gasteiger partial charge < -0.3 is 10.2 Å². The van der Waals surface area contributed by atoms with Crippen molar-refractivity contribution in [2.75, 3.05) is 26.2 Å². The van der Waals surface area contributed by atoms with Gasteiger partial charge in [0.25, 0.3) is 5.91 Å². The largest absolute Gasteiger partial charge is 0.337 e. The first-order chi connectivity index (χ1) is 12.8. The third kappa shape index (κ3) is 3.80. The summed E-state index contributed by atoms with van der Waals surface area (Å²) in [5.74, 6) is 0.568. The van der Waals surface area contributed by atoms with Gasteiger partial charge in [0.15, 0.2) is 5.69 Å². The average molecular weight is 353 g/mol. The van der Waals surface area contributed by atoms with Crippen molar-refractivity contribution >= 4 is 5.91 Å². The van der Waals surface area contributed by atoms with E-state index in [1.807, 2.05) is 15.8 Å². The number of likely N-dealkylation sites (tertiary alicyclic amines) is 1. The van der Waals surface area contributed by atoms with E-state index in [0.717, 1.165) is 58.3 Å². The second-order valence-electron chi connectivity index (χ2n) is 7.40. The van der Waals surface area contributed by atoms with E-state index in [9.17, 15) is 4.79 Å². The van der Waals surface area contributed by atoms with E-state index in [2.05, 4.69) is 46.0 Å². The second kappa shape index (κ2) is 7.99. The summed E-state index contributed by atoms with van der Waals surface area (Å²) in [5.41, 5.74) is 1.88. The first-order valence-electron chi connectivity index (χ1n) is 9.78. The van der Waals surface area contributed by atoms with Crippen molar-refractivity contribution in [2.24, 2.45) is 0 Å². The minimum atomic E-state index is 0.0268. The lowest BCUT2D eigenvalue weighted by Crippen LogP contribution is -2.32. The van der Waals surface area contributed by atoms with Gasteiger partial charge in [-0.1, -0.05) is 35.5 Å². The van der Waals surface area contributed by atoms with Crippen molar-refractivity contribution in [3.8, 4) is 0 Å². The van der Waals surface area contributed by atoms with Gasteiger partial charge in [-0.15, -0.1) is 5.10 Å². The summed E-state index contributed by atoms with van der Waals surface area (Å²) < 4.78 is 1.89. The Balaban J connectivity index is 1.40. The zero-order chi connectivity index (χ0) is 17.8. The summed E-state index contributed by atoms with van der Waals surface area (Å²) in [5, 5.41) is 11.8. The zero-order valence-corrected chi connectivity index (χ0v) is 15.2. The zero-order valence-electron chi connectivity index (χ0n) is 15.2. The van der Waals surface area contributed by atoms with Crippen LogP contribution in [0.25, 0.3) is 0 Å². The number of hydrogen-bond acceptors (Lipinski definition) is 4. The highest BCUT2D eigenvalue weighted by Gasteiger charge is 2.25. The fourth-order valence-corrected chi connectivity index (χ4v) is 4.14. The lowest BCUT2D eigenvalue weighted by molar-refractivity contribution is 0.0755. The van der Waals surface area contributed by atoms with Crippen LogP contribution in [0.4, 0.5) is 0 Å². The van der Waals surface area contributed by atoms with Crippen molar-refractivity contribution in [3.05, 3.63) is 47.8 Å². The molecule has 6 heteroatoms. The molecule has 3 heterocycles. The smallest absolute Gasteiger partial charge is 0.276 e. The first kappa shape index (κ1) is 17.2. The number of aromatic nitrogens is 3. The minimum Gasteiger partial charge on any atom is -0.337 e. The lowest BCUT2D eigenvalue weighted by atomic mass is 9.92. The molecule has 1 amide bonds. The summed E-state index contributed by atoms with van der Waals surface area (Å²) in [6, 6.07) is 11.0. The number of carbonyl (C=O) groups excluding carboxylic acids is 1. The van der Waals surface area contributed by atoms with Crippen LogP contribution in [0, 0.1) is 0 Å². The molecule has 1 aromatic carbocycles. The van der Waals surface area contributed by atoms with Crippen molar-refractivity contribution in [3.63, 3.8) is 0 Å². The number of benzene rings is 1. The standard InChI is InChI=1S/C20H27N5O/c26-20(19-15-25(23-22-19)18-8-11-21-12-9-18)24-13-4-7-17(10-14-24)16-5-2-1-3-6-16/h1-3,5-6,15,17-18,21H,4,7-14H2. The summed E-state index contributed by atoms with van der Waals surface area (Å²) in [6.07, 6.45) is 7.11. The molecule has 0 aliphatic carbocycles. The number of nitrogens with one attached hydrogen (secondary N) is 1. The highest BCUT2D eigenvalue weighted by atomic mass is 16.2. The van der Waals surface area contributed by atoms with Crippen LogP contribution in [0.15, 0.2) is 36.5 Å². The van der Waals surface area contributed by atoms with Crippen LogP contribution in [0.1, 0.15) is 60.1 Å². The summed E-state index contributed by atoms with van der Waals surface area (Å²) in [4.78, 5) is 14.8. The maximum atomic E-state index is 12.9. The van der Waals surface area contributed by atoms with Gasteiger partial charge >= 0.3 is 0 Å². The molecule has 138 valence electrons. The maximum Gasteiger partial charge on any atom is 0.276 e. The van der Waals surface area contributed by atoms with E-state index in [4.69, 9.17) is 0 Å². The molecule has 2 aliphatic heterocycles. The molecule has 0 spiro atoms. The van der Waals surface area contributed by atoms with Gasteiger partial charge in [0.05, 0.1) is 12.2 Å². The highest BCUT2D eigenvalue weighted by Crippen LogP contribution is 2.28. The number of rotatable bonds is 3. The van der Waals surface area contributed by atoms with Gasteiger partial charge in [-0.2, -0.15) is 0 Å². The van der Waals surface area contributed by atoms with E-state index in [-0.39, 0.29) is 5.91 Å². The van der Waals surface area contributed by atoms with Crippen molar-refractivity contribution in [2.45, 2.75) is 44.1 Å². The molecule has 0 bridgehead atoms. The Kier molecular flexibility index (Phi) is 5.29. The minimum absolute atomic E-state index is 0.0268. The molecule has 1 atom stereocenters. The van der Waals surface area contributed by atoms with E-state index < -0.39 is 0 Å².